The summed E-state index contributed by atoms with van der Waals surface area (Å²) in [5, 5.41) is 4.99. The normalized spacial score (nSPS) is 12.6. The van der Waals surface area contributed by atoms with Gasteiger partial charge in [0.05, 0.1) is 0 Å². The van der Waals surface area contributed by atoms with Gasteiger partial charge in [-0.2, -0.15) is 13.1 Å². The highest BCUT2D eigenvalue weighted by atomic mass is 32.2. The number of esters is 1. The van der Waals surface area contributed by atoms with Gasteiger partial charge in [0.15, 0.2) is 0 Å². The van der Waals surface area contributed by atoms with Crippen molar-refractivity contribution in [3.8, 4) is 0 Å². The zero-order valence-corrected chi connectivity index (χ0v) is 13.2. The molecule has 3 N–H and O–H groups in total. The molecule has 2 rings (SSSR count). The summed E-state index contributed by atoms with van der Waals surface area (Å²) >= 11 is 0. The second-order valence-corrected chi connectivity index (χ2v) is 6.32. The molecule has 0 saturated heterocycles. The van der Waals surface area contributed by atoms with E-state index in [1.54, 1.807) is 24.3 Å². The van der Waals surface area contributed by atoms with E-state index in [0.29, 0.717) is 0 Å². The second kappa shape index (κ2) is 7.87. The Morgan fingerprint density at radius 1 is 1.00 bits per heavy atom. The Balaban J connectivity index is 2.04. The number of carbonyl (C=O) groups is 1. The summed E-state index contributed by atoms with van der Waals surface area (Å²) in [6, 6.07) is 17.1. The lowest BCUT2D eigenvalue weighted by atomic mass is 10.1. The zero-order valence-electron chi connectivity index (χ0n) is 12.4. The van der Waals surface area contributed by atoms with Crippen LogP contribution in [-0.2, 0) is 32.8 Å². The molecule has 0 radical (unpaired) electrons. The zero-order chi connectivity index (χ0) is 16.7. The maximum Gasteiger partial charge on any atom is 0.324 e. The van der Waals surface area contributed by atoms with Gasteiger partial charge in [-0.05, 0) is 17.5 Å². The summed E-state index contributed by atoms with van der Waals surface area (Å²) in [5.74, 6) is -0.674. The van der Waals surface area contributed by atoms with E-state index in [9.17, 15) is 13.2 Å². The third-order valence-electron chi connectivity index (χ3n) is 3.10. The average molecular weight is 334 g/mol. The van der Waals surface area contributed by atoms with Gasteiger partial charge >= 0.3 is 5.97 Å². The van der Waals surface area contributed by atoms with E-state index in [0.717, 1.165) is 11.1 Å². The van der Waals surface area contributed by atoms with E-state index < -0.39 is 22.2 Å². The molecule has 1 atom stereocenters. The third kappa shape index (κ3) is 6.19. The maximum atomic E-state index is 12.2. The van der Waals surface area contributed by atoms with Crippen LogP contribution in [0.3, 0.4) is 0 Å². The fourth-order valence-electron chi connectivity index (χ4n) is 2.05. The molecule has 7 heteroatoms. The number of benzene rings is 2. The Morgan fingerprint density at radius 3 is 2.04 bits per heavy atom. The number of rotatable bonds is 7. The van der Waals surface area contributed by atoms with Crippen molar-refractivity contribution in [1.82, 2.24) is 4.72 Å². The molecule has 0 aromatic heterocycles. The molecule has 0 saturated carbocycles. The summed E-state index contributed by atoms with van der Waals surface area (Å²) in [6.45, 7) is 0.0667. The van der Waals surface area contributed by atoms with Crippen LogP contribution in [0, 0.1) is 0 Å². The molecule has 2 aromatic rings. The minimum absolute atomic E-state index is 0.0667. The SMILES string of the molecule is NS(=O)(=O)N[C@@H](Cc1ccccc1)C(=O)OCc1ccccc1. The largest absolute Gasteiger partial charge is 0.460 e. The highest BCUT2D eigenvalue weighted by Crippen LogP contribution is 2.07. The number of hydrogen-bond acceptors (Lipinski definition) is 4. The predicted octanol–water partition coefficient (Wildman–Crippen LogP) is 1.13. The van der Waals surface area contributed by atoms with Crippen molar-refractivity contribution >= 4 is 16.2 Å². The number of nitrogens with one attached hydrogen (secondary N) is 1. The van der Waals surface area contributed by atoms with E-state index >= 15 is 0 Å². The number of carbonyl (C=O) groups excluding carboxylic acids is 1. The Labute approximate surface area is 135 Å². The predicted molar refractivity (Wildman–Crippen MR) is 86.4 cm³/mol. The molecule has 0 amide bonds. The first-order chi connectivity index (χ1) is 10.9. The van der Waals surface area contributed by atoms with Crippen LogP contribution in [-0.4, -0.2) is 20.4 Å². The van der Waals surface area contributed by atoms with Gasteiger partial charge in [-0.25, -0.2) is 5.14 Å². The molecule has 6 nitrogen and oxygen atoms in total. The minimum Gasteiger partial charge on any atom is -0.460 e. The molecule has 0 spiro atoms. The van der Waals surface area contributed by atoms with Gasteiger partial charge in [-0.1, -0.05) is 60.7 Å². The van der Waals surface area contributed by atoms with Crippen LogP contribution in [0.2, 0.25) is 0 Å². The van der Waals surface area contributed by atoms with Crippen LogP contribution < -0.4 is 9.86 Å². The first kappa shape index (κ1) is 17.1. The molecule has 0 aliphatic carbocycles. The van der Waals surface area contributed by atoms with Gasteiger partial charge in [-0.3, -0.25) is 4.79 Å². The van der Waals surface area contributed by atoms with Gasteiger partial charge in [0, 0.05) is 0 Å². The van der Waals surface area contributed by atoms with E-state index in [2.05, 4.69) is 4.72 Å². The summed E-state index contributed by atoms with van der Waals surface area (Å²) in [4.78, 5) is 12.2. The molecule has 0 aliphatic rings. The number of ether oxygens (including phenoxy) is 1. The number of hydrogen-bond donors (Lipinski definition) is 2. The lowest BCUT2D eigenvalue weighted by molar-refractivity contribution is -0.147. The maximum absolute atomic E-state index is 12.2. The summed E-state index contributed by atoms with van der Waals surface area (Å²) in [5.41, 5.74) is 1.61. The lowest BCUT2D eigenvalue weighted by Crippen LogP contribution is -2.46. The third-order valence-corrected chi connectivity index (χ3v) is 3.71. The van der Waals surface area contributed by atoms with Crippen molar-refractivity contribution < 1.29 is 17.9 Å². The van der Waals surface area contributed by atoms with Gasteiger partial charge in [0.1, 0.15) is 12.6 Å². The molecule has 122 valence electrons. The van der Waals surface area contributed by atoms with Crippen molar-refractivity contribution in [2.75, 3.05) is 0 Å². The van der Waals surface area contributed by atoms with Gasteiger partial charge in [0.2, 0.25) is 0 Å². The topological polar surface area (TPSA) is 98.5 Å². The van der Waals surface area contributed by atoms with Crippen LogP contribution in [0.25, 0.3) is 0 Å². The van der Waals surface area contributed by atoms with Gasteiger partial charge in [0.25, 0.3) is 10.2 Å². The quantitative estimate of drug-likeness (QED) is 0.742. The highest BCUT2D eigenvalue weighted by Gasteiger charge is 2.24. The molecule has 0 bridgehead atoms. The van der Waals surface area contributed by atoms with E-state index in [1.807, 2.05) is 36.4 Å². The second-order valence-electron chi connectivity index (χ2n) is 5.00. The van der Waals surface area contributed by atoms with E-state index in [4.69, 9.17) is 9.88 Å². The Hall–Kier alpha value is -2.22. The monoisotopic (exact) mass is 334 g/mol. The van der Waals surface area contributed by atoms with Crippen LogP contribution in [0.1, 0.15) is 11.1 Å². The minimum atomic E-state index is -4.02. The molecule has 2 aromatic carbocycles. The van der Waals surface area contributed by atoms with Crippen molar-refractivity contribution in [2.24, 2.45) is 5.14 Å². The smallest absolute Gasteiger partial charge is 0.324 e. The summed E-state index contributed by atoms with van der Waals surface area (Å²) in [6.07, 6.45) is 0.158. The number of nitrogens with two attached hydrogens (primary N) is 1. The van der Waals surface area contributed by atoms with Crippen LogP contribution >= 0.6 is 0 Å². The molecular weight excluding hydrogens is 316 g/mol. The van der Waals surface area contributed by atoms with Crippen LogP contribution in [0.4, 0.5) is 0 Å². The molecule has 0 heterocycles. The molecule has 0 aliphatic heterocycles. The highest BCUT2D eigenvalue weighted by molar-refractivity contribution is 7.87. The Bertz CT molecular complexity index is 733. The lowest BCUT2D eigenvalue weighted by Gasteiger charge is -2.16. The molecule has 0 fully saturated rings. The standard InChI is InChI=1S/C16H18N2O4S/c17-23(20,21)18-15(11-13-7-3-1-4-8-13)16(19)22-12-14-9-5-2-6-10-14/h1-10,15,18H,11-12H2,(H2,17,20,21)/t15-/m0/s1. The van der Waals surface area contributed by atoms with Crippen molar-refractivity contribution in [2.45, 2.75) is 19.1 Å². The van der Waals surface area contributed by atoms with E-state index in [1.165, 1.54) is 0 Å². The first-order valence-electron chi connectivity index (χ1n) is 6.98. The average Bonchev–Trinajstić information content (AvgIpc) is 2.53. The van der Waals surface area contributed by atoms with Crippen molar-refractivity contribution in [1.29, 1.82) is 0 Å². The van der Waals surface area contributed by atoms with Crippen molar-refractivity contribution in [3.63, 3.8) is 0 Å². The van der Waals surface area contributed by atoms with Gasteiger partial charge < -0.3 is 4.74 Å². The van der Waals surface area contributed by atoms with Gasteiger partial charge in [-0.15, -0.1) is 0 Å². The fourth-order valence-corrected chi connectivity index (χ4v) is 2.63. The fraction of sp³-hybridized carbons (Fsp3) is 0.188. The van der Waals surface area contributed by atoms with Crippen molar-refractivity contribution in [3.05, 3.63) is 71.8 Å². The Kier molecular flexibility index (Phi) is 5.86. The molecular formula is C16H18N2O4S. The van der Waals surface area contributed by atoms with E-state index in [-0.39, 0.29) is 13.0 Å². The summed E-state index contributed by atoms with van der Waals surface area (Å²) in [7, 11) is -4.02. The molecule has 0 unspecified atom stereocenters. The summed E-state index contributed by atoms with van der Waals surface area (Å²) < 4.78 is 29.8. The van der Waals surface area contributed by atoms with Crippen LogP contribution in [0.15, 0.2) is 60.7 Å². The van der Waals surface area contributed by atoms with Crippen LogP contribution in [0.5, 0.6) is 0 Å². The Morgan fingerprint density at radius 2 is 1.52 bits per heavy atom. The molecule has 23 heavy (non-hydrogen) atoms. The first-order valence-corrected chi connectivity index (χ1v) is 8.53.